The van der Waals surface area contributed by atoms with E-state index >= 15 is 0 Å². The van der Waals surface area contributed by atoms with Crippen molar-refractivity contribution < 1.29 is 8.85 Å². The molecule has 0 saturated heterocycles. The lowest BCUT2D eigenvalue weighted by atomic mass is 10.5. The Balaban J connectivity index is 2.01. The Bertz CT molecular complexity index is 147. The molecule has 78 valence electrons. The summed E-state index contributed by atoms with van der Waals surface area (Å²) in [6, 6.07) is 1.90. The molecule has 1 aliphatic rings. The Hall–Kier alpha value is 0.0969. The lowest BCUT2D eigenvalue weighted by Gasteiger charge is -2.22. The molecular formula is C9H21NO2Si. The molecule has 4 heteroatoms. The van der Waals surface area contributed by atoms with Crippen LogP contribution in [0.3, 0.4) is 0 Å². The molecule has 0 aromatic heterocycles. The van der Waals surface area contributed by atoms with E-state index in [9.17, 15) is 0 Å². The molecule has 1 fully saturated rings. The van der Waals surface area contributed by atoms with Gasteiger partial charge in [-0.3, -0.25) is 0 Å². The largest absolute Gasteiger partial charge is 0.398 e. The Kier molecular flexibility index (Phi) is 4.38. The van der Waals surface area contributed by atoms with Crippen LogP contribution in [-0.2, 0) is 8.85 Å². The third-order valence-electron chi connectivity index (χ3n) is 2.68. The zero-order chi connectivity index (χ0) is 9.73. The van der Waals surface area contributed by atoms with E-state index in [1.165, 1.54) is 19.3 Å². The first kappa shape index (κ1) is 11.2. The van der Waals surface area contributed by atoms with Crippen molar-refractivity contribution in [1.29, 1.82) is 0 Å². The summed E-state index contributed by atoms with van der Waals surface area (Å²) in [7, 11) is 1.72. The van der Waals surface area contributed by atoms with Crippen LogP contribution in [0.25, 0.3) is 0 Å². The van der Waals surface area contributed by atoms with E-state index in [2.05, 4.69) is 11.9 Å². The first-order valence-corrected chi connectivity index (χ1v) is 7.56. The third kappa shape index (κ3) is 4.22. The number of nitrogens with one attached hydrogen (secondary N) is 1. The summed E-state index contributed by atoms with van der Waals surface area (Å²) < 4.78 is 10.8. The van der Waals surface area contributed by atoms with Crippen LogP contribution in [0, 0.1) is 0 Å². The fourth-order valence-electron chi connectivity index (χ4n) is 1.29. The summed E-state index contributed by atoms with van der Waals surface area (Å²) in [4.78, 5) is 0. The average molecular weight is 203 g/mol. The predicted octanol–water partition coefficient (Wildman–Crippen LogP) is 1.49. The van der Waals surface area contributed by atoms with Gasteiger partial charge in [0.2, 0.25) is 0 Å². The summed E-state index contributed by atoms with van der Waals surface area (Å²) in [5, 5.41) is 3.49. The number of hydrogen-bond donors (Lipinski definition) is 1. The quantitative estimate of drug-likeness (QED) is 0.502. The maximum atomic E-state index is 5.40. The Morgan fingerprint density at radius 2 is 1.92 bits per heavy atom. The van der Waals surface area contributed by atoms with Gasteiger partial charge in [-0.15, -0.1) is 0 Å². The molecule has 1 aliphatic carbocycles. The average Bonchev–Trinajstić information content (AvgIpc) is 2.96. The molecule has 1 rings (SSSR count). The summed E-state index contributed by atoms with van der Waals surface area (Å²) >= 11 is 0. The standard InChI is InChI=1S/C9H21NO2Si/c1-11-13(3,12-2)8-4-7-10-9-5-6-9/h9-10H,4-8H2,1-3H3. The molecule has 0 spiro atoms. The van der Waals surface area contributed by atoms with E-state index in [0.717, 1.165) is 18.6 Å². The van der Waals surface area contributed by atoms with Crippen molar-refractivity contribution in [3.05, 3.63) is 0 Å². The lowest BCUT2D eigenvalue weighted by molar-refractivity contribution is 0.248. The van der Waals surface area contributed by atoms with Crippen LogP contribution in [-0.4, -0.2) is 35.4 Å². The van der Waals surface area contributed by atoms with Gasteiger partial charge in [0.05, 0.1) is 0 Å². The topological polar surface area (TPSA) is 30.5 Å². The minimum atomic E-state index is -1.79. The highest BCUT2D eigenvalue weighted by Crippen LogP contribution is 2.19. The van der Waals surface area contributed by atoms with Crippen LogP contribution in [0.1, 0.15) is 19.3 Å². The van der Waals surface area contributed by atoms with E-state index in [0.29, 0.717) is 0 Å². The Morgan fingerprint density at radius 3 is 2.38 bits per heavy atom. The molecule has 1 saturated carbocycles. The summed E-state index contributed by atoms with van der Waals surface area (Å²) in [5.74, 6) is 0. The van der Waals surface area contributed by atoms with Crippen molar-refractivity contribution in [3.63, 3.8) is 0 Å². The Morgan fingerprint density at radius 1 is 1.31 bits per heavy atom. The fraction of sp³-hybridized carbons (Fsp3) is 1.00. The minimum absolute atomic E-state index is 0.818. The van der Waals surface area contributed by atoms with Gasteiger partial charge in [0.15, 0.2) is 0 Å². The van der Waals surface area contributed by atoms with Crippen LogP contribution in [0.2, 0.25) is 12.6 Å². The van der Waals surface area contributed by atoms with Crippen LogP contribution >= 0.6 is 0 Å². The molecule has 0 aromatic carbocycles. The molecule has 0 bridgehead atoms. The van der Waals surface area contributed by atoms with Gasteiger partial charge in [-0.05, 0) is 38.4 Å². The second-order valence-electron chi connectivity index (χ2n) is 3.87. The van der Waals surface area contributed by atoms with Crippen molar-refractivity contribution in [2.45, 2.75) is 37.9 Å². The van der Waals surface area contributed by atoms with E-state index in [-0.39, 0.29) is 0 Å². The van der Waals surface area contributed by atoms with Gasteiger partial charge >= 0.3 is 8.56 Å². The number of rotatable bonds is 7. The van der Waals surface area contributed by atoms with Crippen molar-refractivity contribution in [2.75, 3.05) is 20.8 Å². The SMILES string of the molecule is CO[Si](C)(CCCNC1CC1)OC. The summed E-state index contributed by atoms with van der Waals surface area (Å²) in [6.45, 7) is 3.23. The molecule has 3 nitrogen and oxygen atoms in total. The van der Waals surface area contributed by atoms with Gasteiger partial charge in [-0.1, -0.05) is 0 Å². The van der Waals surface area contributed by atoms with E-state index < -0.39 is 8.56 Å². The van der Waals surface area contributed by atoms with Crippen LogP contribution in [0.5, 0.6) is 0 Å². The molecule has 0 atom stereocenters. The van der Waals surface area contributed by atoms with Crippen molar-refractivity contribution in [2.24, 2.45) is 0 Å². The first-order valence-electron chi connectivity index (χ1n) is 5.04. The van der Waals surface area contributed by atoms with Gasteiger partial charge in [-0.25, -0.2) is 0 Å². The predicted molar refractivity (Wildman–Crippen MR) is 56.1 cm³/mol. The van der Waals surface area contributed by atoms with Crippen LogP contribution in [0.15, 0.2) is 0 Å². The molecule has 0 aliphatic heterocycles. The van der Waals surface area contributed by atoms with Crippen LogP contribution in [0.4, 0.5) is 0 Å². The maximum absolute atomic E-state index is 5.40. The zero-order valence-electron chi connectivity index (χ0n) is 8.93. The molecule has 0 amide bonds. The molecule has 0 unspecified atom stereocenters. The van der Waals surface area contributed by atoms with Crippen LogP contribution < -0.4 is 5.32 Å². The highest BCUT2D eigenvalue weighted by molar-refractivity contribution is 6.65. The van der Waals surface area contributed by atoms with E-state index in [1.54, 1.807) is 14.2 Å². The molecule has 0 radical (unpaired) electrons. The van der Waals surface area contributed by atoms with Crippen molar-refractivity contribution in [3.8, 4) is 0 Å². The van der Waals surface area contributed by atoms with Gasteiger partial charge in [0.25, 0.3) is 0 Å². The smallest absolute Gasteiger partial charge is 0.334 e. The second kappa shape index (κ2) is 5.10. The van der Waals surface area contributed by atoms with E-state index in [4.69, 9.17) is 8.85 Å². The third-order valence-corrected chi connectivity index (χ3v) is 5.67. The van der Waals surface area contributed by atoms with Crippen molar-refractivity contribution in [1.82, 2.24) is 5.32 Å². The molecule has 13 heavy (non-hydrogen) atoms. The minimum Gasteiger partial charge on any atom is -0.398 e. The summed E-state index contributed by atoms with van der Waals surface area (Å²) in [6.07, 6.45) is 3.90. The van der Waals surface area contributed by atoms with E-state index in [1.807, 2.05) is 0 Å². The highest BCUT2D eigenvalue weighted by atomic mass is 28.4. The molecule has 1 N–H and O–H groups in total. The lowest BCUT2D eigenvalue weighted by Crippen LogP contribution is -2.36. The number of hydrogen-bond acceptors (Lipinski definition) is 3. The zero-order valence-corrected chi connectivity index (χ0v) is 9.93. The van der Waals surface area contributed by atoms with Gasteiger partial charge in [0, 0.05) is 20.3 Å². The molecule has 0 heterocycles. The monoisotopic (exact) mass is 203 g/mol. The fourth-order valence-corrected chi connectivity index (χ4v) is 2.68. The second-order valence-corrected chi connectivity index (χ2v) is 7.46. The first-order chi connectivity index (χ1) is 6.20. The maximum Gasteiger partial charge on any atom is 0.334 e. The van der Waals surface area contributed by atoms with Crippen molar-refractivity contribution >= 4 is 8.56 Å². The normalized spacial score (nSPS) is 17.8. The van der Waals surface area contributed by atoms with Gasteiger partial charge < -0.3 is 14.2 Å². The van der Waals surface area contributed by atoms with Gasteiger partial charge in [0.1, 0.15) is 0 Å². The summed E-state index contributed by atoms with van der Waals surface area (Å²) in [5.41, 5.74) is 0. The molecular weight excluding hydrogens is 182 g/mol. The Labute approximate surface area is 82.1 Å². The highest BCUT2D eigenvalue weighted by Gasteiger charge is 2.28. The molecule has 0 aromatic rings. The van der Waals surface area contributed by atoms with Gasteiger partial charge in [-0.2, -0.15) is 0 Å².